The number of carbonyl (C=O) groups is 1. The fourth-order valence-corrected chi connectivity index (χ4v) is 1.98. The molecule has 3 rings (SSSR count). The van der Waals surface area contributed by atoms with Gasteiger partial charge in [-0.3, -0.25) is 14.9 Å². The van der Waals surface area contributed by atoms with Gasteiger partial charge in [0, 0.05) is 30.7 Å². The Kier molecular flexibility index (Phi) is 4.32. The van der Waals surface area contributed by atoms with Crippen LogP contribution in [0, 0.1) is 10.1 Å². The summed E-state index contributed by atoms with van der Waals surface area (Å²) in [5.41, 5.74) is 0.596. The molecule has 0 spiro atoms. The largest absolute Gasteiger partial charge is 0.459 e. The Morgan fingerprint density at radius 2 is 2.04 bits per heavy atom. The summed E-state index contributed by atoms with van der Waals surface area (Å²) in [5, 5.41) is 17.1. The van der Waals surface area contributed by atoms with Crippen molar-refractivity contribution in [3.8, 4) is 11.4 Å². The molecule has 0 saturated carbocycles. The van der Waals surface area contributed by atoms with E-state index in [4.69, 9.17) is 8.94 Å². The van der Waals surface area contributed by atoms with Crippen molar-refractivity contribution in [3.63, 3.8) is 0 Å². The van der Waals surface area contributed by atoms with Crippen LogP contribution in [0.4, 0.5) is 5.69 Å². The van der Waals surface area contributed by atoms with Crippen molar-refractivity contribution in [1.29, 1.82) is 0 Å². The molecule has 0 fully saturated rings. The lowest BCUT2D eigenvalue weighted by Crippen LogP contribution is -2.25. The third kappa shape index (κ3) is 3.46. The molecule has 0 unspecified atom stereocenters. The monoisotopic (exact) mass is 328 g/mol. The summed E-state index contributed by atoms with van der Waals surface area (Å²) in [4.78, 5) is 26.0. The molecule has 0 saturated heterocycles. The van der Waals surface area contributed by atoms with Gasteiger partial charge in [-0.25, -0.2) is 0 Å². The second-order valence-electron chi connectivity index (χ2n) is 4.80. The Morgan fingerprint density at radius 3 is 2.71 bits per heavy atom. The number of nitrogens with one attached hydrogen (secondary N) is 1. The zero-order chi connectivity index (χ0) is 16.9. The quantitative estimate of drug-likeness (QED) is 0.543. The summed E-state index contributed by atoms with van der Waals surface area (Å²) in [7, 11) is 0. The van der Waals surface area contributed by atoms with Gasteiger partial charge in [-0.05, 0) is 24.3 Å². The normalized spacial score (nSPS) is 10.5. The Bertz CT molecular complexity index is 839. The topological polar surface area (TPSA) is 124 Å². The first kappa shape index (κ1) is 15.4. The highest BCUT2D eigenvalue weighted by molar-refractivity contribution is 5.91. The van der Waals surface area contributed by atoms with Crippen LogP contribution in [-0.2, 0) is 6.42 Å². The predicted octanol–water partition coefficient (Wildman–Crippen LogP) is 2.21. The van der Waals surface area contributed by atoms with Crippen LogP contribution in [0.1, 0.15) is 16.4 Å². The van der Waals surface area contributed by atoms with E-state index >= 15 is 0 Å². The van der Waals surface area contributed by atoms with Crippen molar-refractivity contribution in [1.82, 2.24) is 15.5 Å². The fourth-order valence-electron chi connectivity index (χ4n) is 1.98. The molecule has 0 radical (unpaired) electrons. The van der Waals surface area contributed by atoms with Gasteiger partial charge < -0.3 is 14.3 Å². The summed E-state index contributed by atoms with van der Waals surface area (Å²) in [6.07, 6.45) is 1.77. The lowest BCUT2D eigenvalue weighted by atomic mass is 10.2. The van der Waals surface area contributed by atoms with Crippen LogP contribution in [0.3, 0.4) is 0 Å². The van der Waals surface area contributed by atoms with Crippen LogP contribution in [0.25, 0.3) is 11.4 Å². The van der Waals surface area contributed by atoms with Gasteiger partial charge in [0.05, 0.1) is 11.2 Å². The minimum absolute atomic E-state index is 0.0110. The van der Waals surface area contributed by atoms with Crippen LogP contribution in [0.2, 0.25) is 0 Å². The van der Waals surface area contributed by atoms with E-state index in [0.29, 0.717) is 30.2 Å². The predicted molar refractivity (Wildman–Crippen MR) is 81.1 cm³/mol. The molecule has 0 bridgehead atoms. The number of aromatic nitrogens is 2. The molecule has 0 atom stereocenters. The van der Waals surface area contributed by atoms with E-state index < -0.39 is 4.92 Å². The number of hydrogen-bond donors (Lipinski definition) is 1. The van der Waals surface area contributed by atoms with Crippen molar-refractivity contribution in [2.45, 2.75) is 6.42 Å². The molecule has 2 aromatic heterocycles. The van der Waals surface area contributed by atoms with Gasteiger partial charge in [0.1, 0.15) is 0 Å². The molecule has 9 heteroatoms. The van der Waals surface area contributed by atoms with Gasteiger partial charge in [-0.15, -0.1) is 0 Å². The maximum absolute atomic E-state index is 11.7. The number of carbonyl (C=O) groups excluding carboxylic acids is 1. The van der Waals surface area contributed by atoms with Crippen LogP contribution in [-0.4, -0.2) is 27.5 Å². The second kappa shape index (κ2) is 6.73. The van der Waals surface area contributed by atoms with Crippen LogP contribution in [0.15, 0.2) is 51.6 Å². The minimum atomic E-state index is -0.479. The van der Waals surface area contributed by atoms with Crippen molar-refractivity contribution >= 4 is 11.6 Å². The number of hydrogen-bond acceptors (Lipinski definition) is 7. The number of furan rings is 1. The number of rotatable bonds is 6. The van der Waals surface area contributed by atoms with Crippen LogP contribution < -0.4 is 5.32 Å². The molecule has 1 amide bonds. The van der Waals surface area contributed by atoms with Crippen molar-refractivity contribution < 1.29 is 18.7 Å². The number of nitro benzene ring substituents is 1. The molecule has 0 aliphatic heterocycles. The van der Waals surface area contributed by atoms with Gasteiger partial charge in [-0.2, -0.15) is 4.98 Å². The van der Waals surface area contributed by atoms with Crippen LogP contribution >= 0.6 is 0 Å². The van der Waals surface area contributed by atoms with Gasteiger partial charge in [-0.1, -0.05) is 5.16 Å². The highest BCUT2D eigenvalue weighted by atomic mass is 16.6. The lowest BCUT2D eigenvalue weighted by Gasteiger charge is -1.99. The van der Waals surface area contributed by atoms with E-state index in [1.54, 1.807) is 24.3 Å². The summed E-state index contributed by atoms with van der Waals surface area (Å²) < 4.78 is 10.1. The standard InChI is InChI=1S/C15H12N4O5/c20-15(12-2-1-9-23-12)16-8-7-13-17-14(18-24-13)10-3-5-11(6-4-10)19(21)22/h1-6,9H,7-8H2,(H,16,20). The van der Waals surface area contributed by atoms with Gasteiger partial charge in [0.25, 0.3) is 11.6 Å². The Hall–Kier alpha value is -3.49. The Morgan fingerprint density at radius 1 is 1.25 bits per heavy atom. The first-order valence-electron chi connectivity index (χ1n) is 7.02. The molecule has 9 nitrogen and oxygen atoms in total. The number of benzene rings is 1. The summed E-state index contributed by atoms with van der Waals surface area (Å²) in [6.45, 7) is 0.307. The first-order valence-corrected chi connectivity index (χ1v) is 7.02. The average Bonchev–Trinajstić information content (AvgIpc) is 3.27. The molecule has 24 heavy (non-hydrogen) atoms. The first-order chi connectivity index (χ1) is 11.6. The van der Waals surface area contributed by atoms with E-state index in [-0.39, 0.29) is 17.4 Å². The van der Waals surface area contributed by atoms with Crippen LogP contribution in [0.5, 0.6) is 0 Å². The summed E-state index contributed by atoms with van der Waals surface area (Å²) in [5.74, 6) is 0.586. The SMILES string of the molecule is O=C(NCCc1nc(-c2ccc([N+](=O)[O-])cc2)no1)c1ccco1. The molecule has 0 aliphatic rings. The third-order valence-corrected chi connectivity index (χ3v) is 3.17. The number of amides is 1. The van der Waals surface area contributed by atoms with Gasteiger partial charge >= 0.3 is 0 Å². The highest BCUT2D eigenvalue weighted by Crippen LogP contribution is 2.19. The zero-order valence-corrected chi connectivity index (χ0v) is 12.3. The fraction of sp³-hybridized carbons (Fsp3) is 0.133. The molecule has 3 aromatic rings. The van der Waals surface area contributed by atoms with Crippen molar-refractivity contribution in [2.75, 3.05) is 6.54 Å². The maximum Gasteiger partial charge on any atom is 0.286 e. The third-order valence-electron chi connectivity index (χ3n) is 3.17. The second-order valence-corrected chi connectivity index (χ2v) is 4.80. The summed E-state index contributed by atoms with van der Waals surface area (Å²) >= 11 is 0. The molecule has 122 valence electrons. The molecule has 1 N–H and O–H groups in total. The lowest BCUT2D eigenvalue weighted by molar-refractivity contribution is -0.384. The maximum atomic E-state index is 11.7. The zero-order valence-electron chi connectivity index (χ0n) is 12.3. The molecule has 0 aliphatic carbocycles. The molecular formula is C15H12N4O5. The van der Waals surface area contributed by atoms with E-state index in [9.17, 15) is 14.9 Å². The molecular weight excluding hydrogens is 316 g/mol. The van der Waals surface area contributed by atoms with E-state index in [1.807, 2.05) is 0 Å². The number of nitrogens with zero attached hydrogens (tertiary/aromatic N) is 3. The average molecular weight is 328 g/mol. The summed E-state index contributed by atoms with van der Waals surface area (Å²) in [6, 6.07) is 9.03. The highest BCUT2D eigenvalue weighted by Gasteiger charge is 2.12. The number of non-ortho nitro benzene ring substituents is 1. The smallest absolute Gasteiger partial charge is 0.286 e. The Balaban J connectivity index is 1.57. The van der Waals surface area contributed by atoms with Crippen molar-refractivity contribution in [3.05, 3.63) is 64.4 Å². The van der Waals surface area contributed by atoms with E-state index in [1.165, 1.54) is 18.4 Å². The number of nitro groups is 1. The van der Waals surface area contributed by atoms with Gasteiger partial charge in [0.15, 0.2) is 5.76 Å². The van der Waals surface area contributed by atoms with E-state index in [0.717, 1.165) is 0 Å². The van der Waals surface area contributed by atoms with Crippen molar-refractivity contribution in [2.24, 2.45) is 0 Å². The molecule has 1 aromatic carbocycles. The minimum Gasteiger partial charge on any atom is -0.459 e. The van der Waals surface area contributed by atoms with E-state index in [2.05, 4.69) is 15.5 Å². The molecule has 2 heterocycles. The Labute approximate surface area is 135 Å². The van der Waals surface area contributed by atoms with Gasteiger partial charge in [0.2, 0.25) is 11.7 Å².